The van der Waals surface area contributed by atoms with Crippen LogP contribution in [0.15, 0.2) is 42.5 Å². The number of anilines is 2. The van der Waals surface area contributed by atoms with Gasteiger partial charge in [-0.05, 0) is 43.3 Å². The molecule has 0 aliphatic heterocycles. The van der Waals surface area contributed by atoms with Crippen LogP contribution in [-0.4, -0.2) is 13.7 Å². The summed E-state index contributed by atoms with van der Waals surface area (Å²) in [5.41, 5.74) is 8.32. The minimum atomic E-state index is -0.244. The maximum atomic E-state index is 13.3. The molecule has 0 fully saturated rings. The van der Waals surface area contributed by atoms with Crippen molar-refractivity contribution in [3.05, 3.63) is 53.8 Å². The van der Waals surface area contributed by atoms with Gasteiger partial charge in [0.2, 0.25) is 0 Å². The van der Waals surface area contributed by atoms with Crippen LogP contribution in [0, 0.1) is 5.82 Å². The summed E-state index contributed by atoms with van der Waals surface area (Å²) >= 11 is 0. The summed E-state index contributed by atoms with van der Waals surface area (Å²) in [6, 6.07) is 12.1. The van der Waals surface area contributed by atoms with Gasteiger partial charge in [-0.2, -0.15) is 0 Å². The number of ether oxygens (including phenoxy) is 1. The number of rotatable bonds is 5. The topological polar surface area (TPSA) is 38.5 Å². The third kappa shape index (κ3) is 3.41. The number of nitrogen functional groups attached to an aromatic ring is 1. The second kappa shape index (κ2) is 6.28. The summed E-state index contributed by atoms with van der Waals surface area (Å²) in [6.45, 7) is 3.14. The van der Waals surface area contributed by atoms with Crippen molar-refractivity contribution >= 4 is 11.4 Å². The summed E-state index contributed by atoms with van der Waals surface area (Å²) in [4.78, 5) is 1.96. The molecule has 0 radical (unpaired) electrons. The summed E-state index contributed by atoms with van der Waals surface area (Å²) in [5.74, 6) is 0.567. The zero-order chi connectivity index (χ0) is 14.5. The van der Waals surface area contributed by atoms with Crippen LogP contribution in [0.5, 0.6) is 5.75 Å². The second-order valence-corrected chi connectivity index (χ2v) is 4.64. The first-order chi connectivity index (χ1) is 9.60. The molecule has 0 aliphatic carbocycles. The molecule has 0 spiro atoms. The summed E-state index contributed by atoms with van der Waals surface area (Å²) in [7, 11) is 1.91. The molecule has 4 heteroatoms. The Morgan fingerprint density at radius 1 is 1.20 bits per heavy atom. The maximum absolute atomic E-state index is 13.3. The molecule has 0 bridgehead atoms. The SMILES string of the molecule is CCOc1ccc(N)cc1CN(C)c1cccc(F)c1. The summed E-state index contributed by atoms with van der Waals surface area (Å²) in [5, 5.41) is 0. The Balaban J connectivity index is 2.22. The molecule has 0 aliphatic rings. The van der Waals surface area contributed by atoms with E-state index in [-0.39, 0.29) is 5.82 Å². The number of halogens is 1. The van der Waals surface area contributed by atoms with Crippen LogP contribution in [0.25, 0.3) is 0 Å². The molecule has 0 atom stereocenters. The molecule has 2 N–H and O–H groups in total. The third-order valence-electron chi connectivity index (χ3n) is 3.04. The number of hydrogen-bond acceptors (Lipinski definition) is 3. The zero-order valence-corrected chi connectivity index (χ0v) is 11.8. The summed E-state index contributed by atoms with van der Waals surface area (Å²) in [6.07, 6.45) is 0. The highest BCUT2D eigenvalue weighted by molar-refractivity contribution is 5.51. The first kappa shape index (κ1) is 14.2. The minimum absolute atomic E-state index is 0.244. The van der Waals surface area contributed by atoms with Gasteiger partial charge in [-0.1, -0.05) is 6.07 Å². The van der Waals surface area contributed by atoms with Gasteiger partial charge in [-0.15, -0.1) is 0 Å². The lowest BCUT2D eigenvalue weighted by molar-refractivity contribution is 0.336. The fraction of sp³-hybridized carbons (Fsp3) is 0.250. The van der Waals surface area contributed by atoms with E-state index < -0.39 is 0 Å². The lowest BCUT2D eigenvalue weighted by atomic mass is 10.1. The van der Waals surface area contributed by atoms with Crippen molar-refractivity contribution in [2.45, 2.75) is 13.5 Å². The van der Waals surface area contributed by atoms with E-state index in [0.717, 1.165) is 17.0 Å². The van der Waals surface area contributed by atoms with Crippen LogP contribution < -0.4 is 15.4 Å². The Bertz CT molecular complexity index is 586. The van der Waals surface area contributed by atoms with E-state index in [2.05, 4.69) is 0 Å². The zero-order valence-electron chi connectivity index (χ0n) is 11.8. The van der Waals surface area contributed by atoms with Crippen molar-refractivity contribution in [1.82, 2.24) is 0 Å². The molecule has 20 heavy (non-hydrogen) atoms. The van der Waals surface area contributed by atoms with E-state index in [0.29, 0.717) is 18.8 Å². The number of hydrogen-bond donors (Lipinski definition) is 1. The van der Waals surface area contributed by atoms with Crippen molar-refractivity contribution in [3.8, 4) is 5.75 Å². The van der Waals surface area contributed by atoms with E-state index in [1.54, 1.807) is 6.07 Å². The van der Waals surface area contributed by atoms with Gasteiger partial charge in [-0.3, -0.25) is 0 Å². The van der Waals surface area contributed by atoms with Crippen molar-refractivity contribution in [2.24, 2.45) is 0 Å². The second-order valence-electron chi connectivity index (χ2n) is 4.64. The van der Waals surface area contributed by atoms with Gasteiger partial charge in [0.15, 0.2) is 0 Å². The van der Waals surface area contributed by atoms with Crippen LogP contribution in [0.4, 0.5) is 15.8 Å². The van der Waals surface area contributed by atoms with Crippen LogP contribution in [0.3, 0.4) is 0 Å². The van der Waals surface area contributed by atoms with Crippen molar-refractivity contribution in [3.63, 3.8) is 0 Å². The Labute approximate surface area is 118 Å². The molecule has 0 saturated carbocycles. The number of nitrogens with two attached hydrogens (primary N) is 1. The molecular weight excluding hydrogens is 255 g/mol. The predicted molar refractivity (Wildman–Crippen MR) is 80.5 cm³/mol. The molecule has 0 amide bonds. The molecule has 0 aromatic heterocycles. The average molecular weight is 274 g/mol. The van der Waals surface area contributed by atoms with Crippen molar-refractivity contribution in [1.29, 1.82) is 0 Å². The Hall–Kier alpha value is -2.23. The molecule has 3 nitrogen and oxygen atoms in total. The molecule has 0 heterocycles. The van der Waals surface area contributed by atoms with Crippen LogP contribution in [-0.2, 0) is 6.54 Å². The monoisotopic (exact) mass is 274 g/mol. The highest BCUT2D eigenvalue weighted by Crippen LogP contribution is 2.25. The fourth-order valence-corrected chi connectivity index (χ4v) is 2.08. The first-order valence-electron chi connectivity index (χ1n) is 6.58. The molecule has 2 rings (SSSR count). The van der Waals surface area contributed by atoms with Crippen LogP contribution in [0.1, 0.15) is 12.5 Å². The fourth-order valence-electron chi connectivity index (χ4n) is 2.08. The van der Waals surface area contributed by atoms with E-state index in [4.69, 9.17) is 10.5 Å². The maximum Gasteiger partial charge on any atom is 0.125 e. The Morgan fingerprint density at radius 3 is 2.70 bits per heavy atom. The van der Waals surface area contributed by atoms with E-state index >= 15 is 0 Å². The average Bonchev–Trinajstić information content (AvgIpc) is 2.42. The van der Waals surface area contributed by atoms with Gasteiger partial charge >= 0.3 is 0 Å². The highest BCUT2D eigenvalue weighted by Gasteiger charge is 2.09. The molecule has 0 saturated heterocycles. The highest BCUT2D eigenvalue weighted by atomic mass is 19.1. The molecule has 106 valence electrons. The quantitative estimate of drug-likeness (QED) is 0.849. The molecular formula is C16H19FN2O. The molecule has 2 aromatic carbocycles. The van der Waals surface area contributed by atoms with E-state index in [1.807, 2.05) is 43.1 Å². The number of benzene rings is 2. The van der Waals surface area contributed by atoms with Crippen LogP contribution >= 0.6 is 0 Å². The molecule has 2 aromatic rings. The lowest BCUT2D eigenvalue weighted by Crippen LogP contribution is -2.17. The Kier molecular flexibility index (Phi) is 4.45. The van der Waals surface area contributed by atoms with Crippen molar-refractivity contribution in [2.75, 3.05) is 24.3 Å². The largest absolute Gasteiger partial charge is 0.494 e. The van der Waals surface area contributed by atoms with Crippen molar-refractivity contribution < 1.29 is 9.13 Å². The Morgan fingerprint density at radius 2 is 2.00 bits per heavy atom. The van der Waals surface area contributed by atoms with Crippen LogP contribution in [0.2, 0.25) is 0 Å². The van der Waals surface area contributed by atoms with Gasteiger partial charge in [0.25, 0.3) is 0 Å². The standard InChI is InChI=1S/C16H19FN2O/c1-3-20-16-8-7-14(18)9-12(16)11-19(2)15-6-4-5-13(17)10-15/h4-10H,3,11,18H2,1-2H3. The van der Waals surface area contributed by atoms with Gasteiger partial charge in [0, 0.05) is 30.5 Å². The van der Waals surface area contributed by atoms with Gasteiger partial charge in [0.1, 0.15) is 11.6 Å². The lowest BCUT2D eigenvalue weighted by Gasteiger charge is -2.21. The smallest absolute Gasteiger partial charge is 0.125 e. The normalized spacial score (nSPS) is 10.3. The minimum Gasteiger partial charge on any atom is -0.494 e. The van der Waals surface area contributed by atoms with Gasteiger partial charge in [0.05, 0.1) is 6.61 Å². The number of nitrogens with zero attached hydrogens (tertiary/aromatic N) is 1. The third-order valence-corrected chi connectivity index (χ3v) is 3.04. The molecule has 0 unspecified atom stereocenters. The predicted octanol–water partition coefficient (Wildman–Crippen LogP) is 3.44. The van der Waals surface area contributed by atoms with Gasteiger partial charge < -0.3 is 15.4 Å². The van der Waals surface area contributed by atoms with Gasteiger partial charge in [-0.25, -0.2) is 4.39 Å². The summed E-state index contributed by atoms with van der Waals surface area (Å²) < 4.78 is 18.9. The first-order valence-corrected chi connectivity index (χ1v) is 6.58. The van der Waals surface area contributed by atoms with E-state index in [9.17, 15) is 4.39 Å². The van der Waals surface area contributed by atoms with E-state index in [1.165, 1.54) is 12.1 Å².